The molecule has 0 aliphatic heterocycles. The Kier molecular flexibility index (Phi) is 4.59. The number of rotatable bonds is 5. The molecular formula is C16H23NO2. The van der Waals surface area contributed by atoms with Gasteiger partial charge in [0.1, 0.15) is 5.75 Å². The first kappa shape index (κ1) is 14.1. The van der Waals surface area contributed by atoms with Gasteiger partial charge in [-0.05, 0) is 49.3 Å². The van der Waals surface area contributed by atoms with Crippen molar-refractivity contribution >= 4 is 5.78 Å². The Morgan fingerprint density at radius 3 is 2.79 bits per heavy atom. The molecule has 1 aliphatic carbocycles. The monoisotopic (exact) mass is 261 g/mol. The highest BCUT2D eigenvalue weighted by atomic mass is 16.3. The van der Waals surface area contributed by atoms with Gasteiger partial charge in [0.25, 0.3) is 0 Å². The number of aromatic hydroxyl groups is 1. The number of phenolic OH excluding ortho intramolecular Hbond substituents is 1. The highest BCUT2D eigenvalue weighted by molar-refractivity contribution is 5.99. The third-order valence-electron chi connectivity index (χ3n) is 4.00. The summed E-state index contributed by atoms with van der Waals surface area (Å²) in [5.74, 6) is 0.173. The minimum absolute atomic E-state index is 0.0439. The van der Waals surface area contributed by atoms with Gasteiger partial charge >= 0.3 is 0 Å². The molecule has 0 bridgehead atoms. The molecule has 0 saturated heterocycles. The summed E-state index contributed by atoms with van der Waals surface area (Å²) in [4.78, 5) is 12.2. The van der Waals surface area contributed by atoms with E-state index in [9.17, 15) is 9.90 Å². The van der Waals surface area contributed by atoms with Crippen LogP contribution in [0.5, 0.6) is 5.75 Å². The van der Waals surface area contributed by atoms with Crippen LogP contribution < -0.4 is 5.73 Å². The largest absolute Gasteiger partial charge is 0.507 e. The van der Waals surface area contributed by atoms with Crippen molar-refractivity contribution in [2.24, 2.45) is 5.73 Å². The number of nitrogens with two attached hydrogens (primary N) is 1. The highest BCUT2D eigenvalue weighted by Crippen LogP contribution is 2.34. The van der Waals surface area contributed by atoms with Gasteiger partial charge in [-0.25, -0.2) is 0 Å². The van der Waals surface area contributed by atoms with Crippen molar-refractivity contribution in [2.45, 2.75) is 58.4 Å². The van der Waals surface area contributed by atoms with Crippen LogP contribution in [0.1, 0.15) is 66.1 Å². The van der Waals surface area contributed by atoms with Gasteiger partial charge in [0.2, 0.25) is 0 Å². The SMILES string of the molecule is CCCCC(=O)c1cc2c(c(CN)c1O)CCCC2. The van der Waals surface area contributed by atoms with Crippen LogP contribution in [-0.2, 0) is 19.4 Å². The van der Waals surface area contributed by atoms with Gasteiger partial charge in [-0.1, -0.05) is 13.3 Å². The summed E-state index contributed by atoms with van der Waals surface area (Å²) in [6.07, 6.45) is 6.63. The molecule has 3 heteroatoms. The molecule has 0 heterocycles. The van der Waals surface area contributed by atoms with E-state index in [2.05, 4.69) is 6.92 Å². The third kappa shape index (κ3) is 2.81. The van der Waals surface area contributed by atoms with Crippen LogP contribution in [0.15, 0.2) is 6.07 Å². The summed E-state index contributed by atoms with van der Waals surface area (Å²) in [5.41, 5.74) is 9.43. The normalized spacial score (nSPS) is 14.2. The lowest BCUT2D eigenvalue weighted by Gasteiger charge is -2.21. The lowest BCUT2D eigenvalue weighted by atomic mass is 9.85. The van der Waals surface area contributed by atoms with Gasteiger partial charge in [0.05, 0.1) is 5.56 Å². The van der Waals surface area contributed by atoms with Gasteiger partial charge in [0.15, 0.2) is 5.78 Å². The Bertz CT molecular complexity index is 480. The number of carbonyl (C=O) groups is 1. The Morgan fingerprint density at radius 1 is 1.37 bits per heavy atom. The summed E-state index contributed by atoms with van der Waals surface area (Å²) in [6, 6.07) is 1.90. The first-order valence-electron chi connectivity index (χ1n) is 7.28. The number of benzene rings is 1. The van der Waals surface area contributed by atoms with Crippen molar-refractivity contribution in [1.29, 1.82) is 0 Å². The number of aryl methyl sites for hydroxylation is 1. The molecular weight excluding hydrogens is 238 g/mol. The number of carbonyl (C=O) groups excluding carboxylic acids is 1. The van der Waals surface area contributed by atoms with E-state index < -0.39 is 0 Å². The molecule has 0 spiro atoms. The first-order valence-corrected chi connectivity index (χ1v) is 7.28. The molecule has 0 radical (unpaired) electrons. The molecule has 19 heavy (non-hydrogen) atoms. The van der Waals surface area contributed by atoms with E-state index in [1.54, 1.807) is 0 Å². The van der Waals surface area contributed by atoms with Crippen LogP contribution >= 0.6 is 0 Å². The molecule has 0 atom stereocenters. The second kappa shape index (κ2) is 6.20. The van der Waals surface area contributed by atoms with Gasteiger partial charge in [-0.2, -0.15) is 0 Å². The minimum Gasteiger partial charge on any atom is -0.507 e. The molecule has 0 unspecified atom stereocenters. The zero-order valence-corrected chi connectivity index (χ0v) is 11.7. The maximum Gasteiger partial charge on any atom is 0.166 e. The van der Waals surface area contributed by atoms with E-state index in [0.717, 1.165) is 44.1 Å². The van der Waals surface area contributed by atoms with Crippen LogP contribution in [0.4, 0.5) is 0 Å². The number of hydrogen-bond donors (Lipinski definition) is 2. The topological polar surface area (TPSA) is 63.3 Å². The number of ketones is 1. The molecule has 0 saturated carbocycles. The molecule has 1 aromatic rings. The van der Waals surface area contributed by atoms with Gasteiger partial charge in [-0.3, -0.25) is 4.79 Å². The molecule has 104 valence electrons. The van der Waals surface area contributed by atoms with Crippen LogP contribution in [0, 0.1) is 0 Å². The molecule has 3 N–H and O–H groups in total. The van der Waals surface area contributed by atoms with E-state index in [4.69, 9.17) is 5.73 Å². The molecule has 1 aromatic carbocycles. The van der Waals surface area contributed by atoms with Crippen molar-refractivity contribution in [3.05, 3.63) is 28.3 Å². The molecule has 1 aliphatic rings. The van der Waals surface area contributed by atoms with Gasteiger partial charge in [0, 0.05) is 18.5 Å². The van der Waals surface area contributed by atoms with Crippen LogP contribution in [0.25, 0.3) is 0 Å². The average Bonchev–Trinajstić information content (AvgIpc) is 2.44. The van der Waals surface area contributed by atoms with E-state index >= 15 is 0 Å². The Balaban J connectivity index is 2.41. The summed E-state index contributed by atoms with van der Waals surface area (Å²) in [7, 11) is 0. The van der Waals surface area contributed by atoms with Crippen LogP contribution in [-0.4, -0.2) is 10.9 Å². The van der Waals surface area contributed by atoms with Crippen molar-refractivity contribution in [2.75, 3.05) is 0 Å². The van der Waals surface area contributed by atoms with Crippen molar-refractivity contribution in [3.8, 4) is 5.75 Å². The lowest BCUT2D eigenvalue weighted by Crippen LogP contribution is -2.13. The Morgan fingerprint density at radius 2 is 2.11 bits per heavy atom. The van der Waals surface area contributed by atoms with E-state index in [1.807, 2.05) is 6.07 Å². The van der Waals surface area contributed by atoms with E-state index in [1.165, 1.54) is 11.1 Å². The van der Waals surface area contributed by atoms with Crippen molar-refractivity contribution < 1.29 is 9.90 Å². The van der Waals surface area contributed by atoms with Gasteiger partial charge in [-0.15, -0.1) is 0 Å². The lowest BCUT2D eigenvalue weighted by molar-refractivity contribution is 0.0977. The Hall–Kier alpha value is -1.35. The second-order valence-corrected chi connectivity index (χ2v) is 5.33. The summed E-state index contributed by atoms with van der Waals surface area (Å²) in [5, 5.41) is 10.3. The predicted molar refractivity (Wildman–Crippen MR) is 76.5 cm³/mol. The average molecular weight is 261 g/mol. The van der Waals surface area contributed by atoms with Crippen LogP contribution in [0.2, 0.25) is 0 Å². The quantitative estimate of drug-likeness (QED) is 0.800. The second-order valence-electron chi connectivity index (χ2n) is 5.33. The smallest absolute Gasteiger partial charge is 0.166 e. The van der Waals surface area contributed by atoms with Crippen molar-refractivity contribution in [3.63, 3.8) is 0 Å². The van der Waals surface area contributed by atoms with E-state index in [0.29, 0.717) is 18.5 Å². The van der Waals surface area contributed by atoms with Crippen LogP contribution in [0.3, 0.4) is 0 Å². The minimum atomic E-state index is 0.0439. The zero-order chi connectivity index (χ0) is 13.8. The summed E-state index contributed by atoms with van der Waals surface area (Å²) >= 11 is 0. The molecule has 0 fully saturated rings. The van der Waals surface area contributed by atoms with Crippen molar-refractivity contribution in [1.82, 2.24) is 0 Å². The number of hydrogen-bond acceptors (Lipinski definition) is 3. The third-order valence-corrected chi connectivity index (χ3v) is 4.00. The predicted octanol–water partition coefficient (Wildman–Crippen LogP) is 3.10. The fourth-order valence-corrected chi connectivity index (χ4v) is 2.89. The van der Waals surface area contributed by atoms with Gasteiger partial charge < -0.3 is 10.8 Å². The summed E-state index contributed by atoms with van der Waals surface area (Å²) in [6.45, 7) is 2.37. The Labute approximate surface area is 114 Å². The maximum atomic E-state index is 12.2. The van der Waals surface area contributed by atoms with E-state index in [-0.39, 0.29) is 11.5 Å². The number of unbranched alkanes of at least 4 members (excludes halogenated alkanes) is 1. The number of phenols is 1. The summed E-state index contributed by atoms with van der Waals surface area (Å²) < 4.78 is 0. The fraction of sp³-hybridized carbons (Fsp3) is 0.562. The fourth-order valence-electron chi connectivity index (χ4n) is 2.89. The molecule has 2 rings (SSSR count). The number of fused-ring (bicyclic) bond motifs is 1. The molecule has 0 amide bonds. The zero-order valence-electron chi connectivity index (χ0n) is 11.7. The standard InChI is InChI=1S/C16H23NO2/c1-2-3-8-15(18)13-9-11-6-4-5-7-12(11)14(10-17)16(13)19/h9,19H,2-8,10,17H2,1H3. The maximum absolute atomic E-state index is 12.2. The molecule has 3 nitrogen and oxygen atoms in total. The molecule has 0 aromatic heterocycles. The first-order chi connectivity index (χ1) is 9.19. The highest BCUT2D eigenvalue weighted by Gasteiger charge is 2.21. The number of Topliss-reactive ketones (excluding diaryl/α,β-unsaturated/α-hetero) is 1.